The van der Waals surface area contributed by atoms with E-state index in [1.54, 1.807) is 41.6 Å². The summed E-state index contributed by atoms with van der Waals surface area (Å²) < 4.78 is 0. The fourth-order valence-electron chi connectivity index (χ4n) is 4.03. The molecule has 3 aromatic rings. The number of carbonyl (C=O) groups excluding carboxylic acids is 3. The molecular formula is C27H27N3O3. The van der Waals surface area contributed by atoms with Crippen LogP contribution >= 0.6 is 0 Å². The first kappa shape index (κ1) is 22.4. The van der Waals surface area contributed by atoms with Crippen molar-refractivity contribution < 1.29 is 14.4 Å². The number of carbonyl (C=O) groups is 3. The topological polar surface area (TPSA) is 70.6 Å². The highest BCUT2D eigenvalue weighted by Gasteiger charge is 2.34. The van der Waals surface area contributed by atoms with Gasteiger partial charge in [0.2, 0.25) is 5.91 Å². The average molecular weight is 442 g/mol. The Kier molecular flexibility index (Phi) is 6.93. The minimum Gasteiger partial charge on any atom is -0.334 e. The Balaban J connectivity index is 1.40. The van der Waals surface area contributed by atoms with Gasteiger partial charge in [-0.25, -0.2) is 0 Å². The third-order valence-electron chi connectivity index (χ3n) is 5.90. The molecule has 0 bridgehead atoms. The summed E-state index contributed by atoms with van der Waals surface area (Å²) >= 11 is 0. The van der Waals surface area contributed by atoms with Crippen LogP contribution in [0.25, 0.3) is 0 Å². The number of imide groups is 1. The molecule has 2 heterocycles. The summed E-state index contributed by atoms with van der Waals surface area (Å²) in [5, 5.41) is 0. The van der Waals surface area contributed by atoms with Crippen LogP contribution in [0.3, 0.4) is 0 Å². The van der Waals surface area contributed by atoms with Crippen molar-refractivity contribution in [1.29, 1.82) is 0 Å². The first-order chi connectivity index (χ1) is 16.1. The molecule has 6 nitrogen and oxygen atoms in total. The van der Waals surface area contributed by atoms with Gasteiger partial charge in [0.1, 0.15) is 0 Å². The van der Waals surface area contributed by atoms with Gasteiger partial charge < -0.3 is 4.90 Å². The lowest BCUT2D eigenvalue weighted by Crippen LogP contribution is -2.33. The van der Waals surface area contributed by atoms with E-state index in [1.165, 1.54) is 10.5 Å². The predicted octanol–water partition coefficient (Wildman–Crippen LogP) is 4.25. The number of benzene rings is 2. The molecule has 0 fully saturated rings. The van der Waals surface area contributed by atoms with Crippen molar-refractivity contribution in [2.24, 2.45) is 0 Å². The number of aromatic nitrogens is 1. The Hall–Kier alpha value is -3.80. The van der Waals surface area contributed by atoms with Crippen LogP contribution in [0.4, 0.5) is 0 Å². The minimum atomic E-state index is -0.286. The molecule has 0 N–H and O–H groups in total. The fourth-order valence-corrected chi connectivity index (χ4v) is 4.03. The second-order valence-electron chi connectivity index (χ2n) is 8.19. The number of amides is 3. The molecule has 4 rings (SSSR count). The molecule has 0 spiro atoms. The number of aryl methyl sites for hydroxylation is 1. The number of fused-ring (bicyclic) bond motifs is 1. The first-order valence-electron chi connectivity index (χ1n) is 11.3. The van der Waals surface area contributed by atoms with Gasteiger partial charge in [-0.2, -0.15) is 0 Å². The maximum absolute atomic E-state index is 13.1. The summed E-state index contributed by atoms with van der Waals surface area (Å²) in [4.78, 5) is 45.5. The van der Waals surface area contributed by atoms with Crippen molar-refractivity contribution in [1.82, 2.24) is 14.8 Å². The standard InChI is InChI=1S/C27H27N3O3/c1-2-20-11-13-21(14-12-20)18-29(19-22-7-5-15-28-17-22)25(31)10-6-16-30-26(32)23-8-3-4-9-24(23)27(30)33/h3-5,7-9,11-15,17H,2,6,10,16,18-19H2,1H3. The first-order valence-corrected chi connectivity index (χ1v) is 11.3. The maximum atomic E-state index is 13.1. The Labute approximate surface area is 193 Å². The molecule has 2 aromatic carbocycles. The van der Waals surface area contributed by atoms with Crippen molar-refractivity contribution in [2.75, 3.05) is 6.54 Å². The van der Waals surface area contributed by atoms with Gasteiger partial charge in [-0.3, -0.25) is 24.3 Å². The lowest BCUT2D eigenvalue weighted by atomic mass is 10.1. The van der Waals surface area contributed by atoms with Gasteiger partial charge in [0, 0.05) is 38.4 Å². The van der Waals surface area contributed by atoms with Crippen molar-refractivity contribution in [3.8, 4) is 0 Å². The lowest BCUT2D eigenvalue weighted by molar-refractivity contribution is -0.132. The molecular weight excluding hydrogens is 414 g/mol. The van der Waals surface area contributed by atoms with E-state index in [2.05, 4.69) is 36.2 Å². The van der Waals surface area contributed by atoms with Crippen molar-refractivity contribution in [3.63, 3.8) is 0 Å². The summed E-state index contributed by atoms with van der Waals surface area (Å²) in [6.07, 6.45) is 5.11. The largest absolute Gasteiger partial charge is 0.334 e. The summed E-state index contributed by atoms with van der Waals surface area (Å²) in [5.41, 5.74) is 4.14. The van der Waals surface area contributed by atoms with E-state index in [0.717, 1.165) is 17.5 Å². The zero-order chi connectivity index (χ0) is 23.2. The zero-order valence-corrected chi connectivity index (χ0v) is 18.7. The number of pyridine rings is 1. The third-order valence-corrected chi connectivity index (χ3v) is 5.90. The smallest absolute Gasteiger partial charge is 0.261 e. The van der Waals surface area contributed by atoms with E-state index >= 15 is 0 Å². The highest BCUT2D eigenvalue weighted by atomic mass is 16.2. The summed E-state index contributed by atoms with van der Waals surface area (Å²) in [6.45, 7) is 3.28. The highest BCUT2D eigenvalue weighted by Crippen LogP contribution is 2.23. The quantitative estimate of drug-likeness (QED) is 0.466. The molecule has 0 atom stereocenters. The van der Waals surface area contributed by atoms with E-state index in [9.17, 15) is 14.4 Å². The Bertz CT molecular complexity index is 1110. The van der Waals surface area contributed by atoms with Crippen LogP contribution < -0.4 is 0 Å². The van der Waals surface area contributed by atoms with Crippen LogP contribution in [-0.4, -0.2) is 39.1 Å². The van der Waals surface area contributed by atoms with Crippen LogP contribution in [0.15, 0.2) is 73.1 Å². The molecule has 0 saturated heterocycles. The van der Waals surface area contributed by atoms with E-state index in [1.807, 2.05) is 12.1 Å². The molecule has 1 aliphatic rings. The predicted molar refractivity (Wildman–Crippen MR) is 125 cm³/mol. The van der Waals surface area contributed by atoms with Crippen molar-refractivity contribution in [3.05, 3.63) is 101 Å². The number of rotatable bonds is 9. The summed E-state index contributed by atoms with van der Waals surface area (Å²) in [7, 11) is 0. The van der Waals surface area contributed by atoms with E-state index < -0.39 is 0 Å². The molecule has 33 heavy (non-hydrogen) atoms. The summed E-state index contributed by atoms with van der Waals surface area (Å²) in [6, 6.07) is 18.9. The van der Waals surface area contributed by atoms with Gasteiger partial charge >= 0.3 is 0 Å². The lowest BCUT2D eigenvalue weighted by Gasteiger charge is -2.24. The second-order valence-corrected chi connectivity index (χ2v) is 8.19. The normalized spacial score (nSPS) is 12.7. The van der Waals surface area contributed by atoms with Gasteiger partial charge in [0.25, 0.3) is 11.8 Å². The van der Waals surface area contributed by atoms with E-state index in [0.29, 0.717) is 30.6 Å². The van der Waals surface area contributed by atoms with Crippen LogP contribution in [0.1, 0.15) is 57.2 Å². The molecule has 0 unspecified atom stereocenters. The van der Waals surface area contributed by atoms with Crippen LogP contribution in [0.2, 0.25) is 0 Å². The van der Waals surface area contributed by atoms with Gasteiger partial charge in [0.15, 0.2) is 0 Å². The number of hydrogen-bond donors (Lipinski definition) is 0. The molecule has 168 valence electrons. The summed E-state index contributed by atoms with van der Waals surface area (Å²) in [5.74, 6) is -0.590. The Morgan fingerprint density at radius 3 is 2.09 bits per heavy atom. The van der Waals surface area contributed by atoms with Crippen LogP contribution in [0, 0.1) is 0 Å². The van der Waals surface area contributed by atoms with Crippen LogP contribution in [0.5, 0.6) is 0 Å². The third kappa shape index (κ3) is 5.17. The monoisotopic (exact) mass is 441 g/mol. The zero-order valence-electron chi connectivity index (χ0n) is 18.7. The van der Waals surface area contributed by atoms with Crippen molar-refractivity contribution >= 4 is 17.7 Å². The Morgan fingerprint density at radius 1 is 0.848 bits per heavy atom. The molecule has 3 amide bonds. The molecule has 6 heteroatoms. The highest BCUT2D eigenvalue weighted by molar-refractivity contribution is 6.21. The molecule has 1 aliphatic heterocycles. The van der Waals surface area contributed by atoms with Gasteiger partial charge in [-0.15, -0.1) is 0 Å². The SMILES string of the molecule is CCc1ccc(CN(Cc2cccnc2)C(=O)CCCN2C(=O)c3ccccc3C2=O)cc1. The Morgan fingerprint density at radius 2 is 1.48 bits per heavy atom. The van der Waals surface area contributed by atoms with Crippen molar-refractivity contribution in [2.45, 2.75) is 39.3 Å². The molecule has 0 saturated carbocycles. The van der Waals surface area contributed by atoms with E-state index in [4.69, 9.17) is 0 Å². The minimum absolute atomic E-state index is 0.0185. The number of hydrogen-bond acceptors (Lipinski definition) is 4. The molecule has 0 aliphatic carbocycles. The van der Waals surface area contributed by atoms with E-state index in [-0.39, 0.29) is 30.7 Å². The number of nitrogens with zero attached hydrogens (tertiary/aromatic N) is 3. The van der Waals surface area contributed by atoms with Gasteiger partial charge in [-0.1, -0.05) is 49.4 Å². The van der Waals surface area contributed by atoms with Gasteiger partial charge in [-0.05, 0) is 47.7 Å². The molecule has 0 radical (unpaired) electrons. The van der Waals surface area contributed by atoms with Gasteiger partial charge in [0.05, 0.1) is 11.1 Å². The van der Waals surface area contributed by atoms with Crippen LogP contribution in [-0.2, 0) is 24.3 Å². The average Bonchev–Trinajstić information content (AvgIpc) is 3.09. The second kappa shape index (κ2) is 10.2. The maximum Gasteiger partial charge on any atom is 0.261 e. The molecule has 1 aromatic heterocycles. The fraction of sp³-hybridized carbons (Fsp3) is 0.259.